The summed E-state index contributed by atoms with van der Waals surface area (Å²) >= 11 is 4.69. The third-order valence-corrected chi connectivity index (χ3v) is 6.76. The molecule has 0 spiro atoms. The van der Waals surface area contributed by atoms with Crippen LogP contribution in [0.15, 0.2) is 39.0 Å². The zero-order valence-corrected chi connectivity index (χ0v) is 15.0. The van der Waals surface area contributed by atoms with Crippen LogP contribution in [-0.4, -0.2) is 15.0 Å². The number of hydrogen-bond donors (Lipinski definition) is 2. The molecule has 0 saturated carbocycles. The van der Waals surface area contributed by atoms with Crippen LogP contribution in [0.1, 0.15) is 17.4 Å². The van der Waals surface area contributed by atoms with E-state index < -0.39 is 10.0 Å². The minimum atomic E-state index is -3.54. The van der Waals surface area contributed by atoms with E-state index in [0.29, 0.717) is 16.4 Å². The van der Waals surface area contributed by atoms with Crippen molar-refractivity contribution in [1.82, 2.24) is 5.32 Å². The molecule has 2 aromatic rings. The average molecular weight is 389 g/mol. The van der Waals surface area contributed by atoms with Crippen LogP contribution in [-0.2, 0) is 16.6 Å². The fraction of sp³-hybridized carbons (Fsp3) is 0.286. The molecule has 0 radical (unpaired) electrons. The Kier molecular flexibility index (Phi) is 5.43. The van der Waals surface area contributed by atoms with Crippen LogP contribution >= 0.6 is 27.3 Å². The van der Waals surface area contributed by atoms with E-state index in [-0.39, 0.29) is 0 Å². The molecule has 21 heavy (non-hydrogen) atoms. The summed E-state index contributed by atoms with van der Waals surface area (Å²) < 4.78 is 28.7. The van der Waals surface area contributed by atoms with Crippen LogP contribution in [0.2, 0.25) is 0 Å². The first kappa shape index (κ1) is 16.5. The second-order valence-corrected chi connectivity index (χ2v) is 8.45. The third kappa shape index (κ3) is 4.06. The van der Waals surface area contributed by atoms with Gasteiger partial charge in [0.1, 0.15) is 4.21 Å². The lowest BCUT2D eigenvalue weighted by atomic mass is 10.2. The normalized spacial score (nSPS) is 11.6. The van der Waals surface area contributed by atoms with Crippen molar-refractivity contribution < 1.29 is 8.42 Å². The van der Waals surface area contributed by atoms with Crippen LogP contribution < -0.4 is 10.0 Å². The molecule has 0 aliphatic heterocycles. The summed E-state index contributed by atoms with van der Waals surface area (Å²) in [5.74, 6) is 0. The molecule has 2 N–H and O–H groups in total. The molecule has 0 fully saturated rings. The quantitative estimate of drug-likeness (QED) is 0.792. The Hall–Kier alpha value is -0.890. The zero-order valence-electron chi connectivity index (χ0n) is 11.8. The Morgan fingerprint density at radius 1 is 1.24 bits per heavy atom. The van der Waals surface area contributed by atoms with Crippen molar-refractivity contribution in [3.63, 3.8) is 0 Å². The van der Waals surface area contributed by atoms with Gasteiger partial charge in [0.25, 0.3) is 10.0 Å². The van der Waals surface area contributed by atoms with Gasteiger partial charge in [0.05, 0.1) is 5.69 Å². The number of thiophene rings is 1. The van der Waals surface area contributed by atoms with E-state index in [0.717, 1.165) is 21.5 Å². The van der Waals surface area contributed by atoms with Crippen molar-refractivity contribution in [2.75, 3.05) is 11.3 Å². The van der Waals surface area contributed by atoms with Crippen LogP contribution in [0, 0.1) is 6.92 Å². The highest BCUT2D eigenvalue weighted by Crippen LogP contribution is 2.28. The Labute approximate surface area is 137 Å². The van der Waals surface area contributed by atoms with Gasteiger partial charge in [-0.15, -0.1) is 11.3 Å². The topological polar surface area (TPSA) is 58.2 Å². The molecular weight excluding hydrogens is 372 g/mol. The van der Waals surface area contributed by atoms with Gasteiger partial charge >= 0.3 is 0 Å². The number of halogens is 1. The molecule has 4 nitrogen and oxygen atoms in total. The van der Waals surface area contributed by atoms with Crippen LogP contribution in [0.5, 0.6) is 0 Å². The van der Waals surface area contributed by atoms with Crippen molar-refractivity contribution in [2.24, 2.45) is 0 Å². The average Bonchev–Trinajstić information content (AvgIpc) is 2.91. The first-order valence-electron chi connectivity index (χ1n) is 6.51. The summed E-state index contributed by atoms with van der Waals surface area (Å²) in [5.41, 5.74) is 1.46. The number of rotatable bonds is 6. The molecule has 0 aliphatic carbocycles. The molecule has 0 aliphatic rings. The van der Waals surface area contributed by atoms with E-state index in [1.165, 1.54) is 11.3 Å². The molecule has 1 heterocycles. The maximum Gasteiger partial charge on any atom is 0.271 e. The largest absolute Gasteiger partial charge is 0.312 e. The molecule has 7 heteroatoms. The lowest BCUT2D eigenvalue weighted by Crippen LogP contribution is -2.12. The fourth-order valence-corrected chi connectivity index (χ4v) is 4.57. The minimum absolute atomic E-state index is 0.328. The molecule has 0 saturated heterocycles. The molecule has 0 bridgehead atoms. The number of anilines is 1. The molecule has 0 unspecified atom stereocenters. The summed E-state index contributed by atoms with van der Waals surface area (Å²) in [7, 11) is -3.54. The number of sulfonamides is 1. The second kappa shape index (κ2) is 6.91. The molecule has 1 aromatic heterocycles. The number of benzene rings is 1. The van der Waals surface area contributed by atoms with E-state index in [4.69, 9.17) is 0 Å². The van der Waals surface area contributed by atoms with Crippen LogP contribution in [0.25, 0.3) is 0 Å². The summed E-state index contributed by atoms with van der Waals surface area (Å²) in [6.45, 7) is 5.43. The highest BCUT2D eigenvalue weighted by molar-refractivity contribution is 9.10. The predicted octanol–water partition coefficient (Wildman–Crippen LogP) is 3.73. The van der Waals surface area contributed by atoms with E-state index in [2.05, 4.69) is 26.0 Å². The van der Waals surface area contributed by atoms with Crippen molar-refractivity contribution in [3.8, 4) is 0 Å². The van der Waals surface area contributed by atoms with E-state index in [9.17, 15) is 8.42 Å². The first-order chi connectivity index (χ1) is 9.94. The lowest BCUT2D eigenvalue weighted by molar-refractivity contribution is 0.603. The van der Waals surface area contributed by atoms with E-state index in [1.807, 2.05) is 26.0 Å². The number of nitrogens with one attached hydrogen (secondary N) is 2. The van der Waals surface area contributed by atoms with Gasteiger partial charge in [0.2, 0.25) is 0 Å². The Morgan fingerprint density at radius 3 is 2.71 bits per heavy atom. The van der Waals surface area contributed by atoms with Gasteiger partial charge in [-0.1, -0.05) is 28.9 Å². The highest BCUT2D eigenvalue weighted by atomic mass is 79.9. The van der Waals surface area contributed by atoms with Gasteiger partial charge in [-0.3, -0.25) is 4.72 Å². The Balaban J connectivity index is 2.22. The standard InChI is InChI=1S/C14H17BrN2O2S2/c1-3-16-9-11-7-8-14(20-11)21(18,19)17-13-6-4-5-12(15)10(13)2/h4-8,16-17H,3,9H2,1-2H3. The van der Waals surface area contributed by atoms with Gasteiger partial charge in [0.15, 0.2) is 0 Å². The van der Waals surface area contributed by atoms with Gasteiger partial charge in [-0.25, -0.2) is 8.42 Å². The third-order valence-electron chi connectivity index (χ3n) is 2.96. The molecular formula is C14H17BrN2O2S2. The smallest absolute Gasteiger partial charge is 0.271 e. The minimum Gasteiger partial charge on any atom is -0.312 e. The van der Waals surface area contributed by atoms with Gasteiger partial charge in [0, 0.05) is 15.9 Å². The molecule has 114 valence electrons. The highest BCUT2D eigenvalue weighted by Gasteiger charge is 2.18. The monoisotopic (exact) mass is 388 g/mol. The van der Waals surface area contributed by atoms with E-state index >= 15 is 0 Å². The van der Waals surface area contributed by atoms with Gasteiger partial charge in [-0.2, -0.15) is 0 Å². The summed E-state index contributed by atoms with van der Waals surface area (Å²) in [4.78, 5) is 1.00. The fourth-order valence-electron chi connectivity index (χ4n) is 1.76. The molecule has 2 rings (SSSR count). The zero-order chi connectivity index (χ0) is 15.5. The lowest BCUT2D eigenvalue weighted by Gasteiger charge is -2.10. The van der Waals surface area contributed by atoms with Crippen molar-refractivity contribution in [1.29, 1.82) is 0 Å². The maximum atomic E-state index is 12.4. The summed E-state index contributed by atoms with van der Waals surface area (Å²) in [6.07, 6.45) is 0. The van der Waals surface area contributed by atoms with Gasteiger partial charge in [-0.05, 0) is 43.3 Å². The molecule has 1 aromatic carbocycles. The van der Waals surface area contributed by atoms with Crippen molar-refractivity contribution in [3.05, 3.63) is 45.2 Å². The van der Waals surface area contributed by atoms with Crippen molar-refractivity contribution >= 4 is 43.0 Å². The summed E-state index contributed by atoms with van der Waals surface area (Å²) in [6, 6.07) is 8.93. The van der Waals surface area contributed by atoms with Gasteiger partial charge < -0.3 is 5.32 Å². The maximum absolute atomic E-state index is 12.4. The second-order valence-electron chi connectivity index (χ2n) is 4.52. The van der Waals surface area contributed by atoms with Crippen LogP contribution in [0.4, 0.5) is 5.69 Å². The molecule has 0 amide bonds. The molecule has 0 atom stereocenters. The van der Waals surface area contributed by atoms with Crippen molar-refractivity contribution in [2.45, 2.75) is 24.6 Å². The van der Waals surface area contributed by atoms with Crippen LogP contribution in [0.3, 0.4) is 0 Å². The first-order valence-corrected chi connectivity index (χ1v) is 9.60. The number of hydrogen-bond acceptors (Lipinski definition) is 4. The Bertz CT molecular complexity index is 726. The SMILES string of the molecule is CCNCc1ccc(S(=O)(=O)Nc2cccc(Br)c2C)s1. The summed E-state index contributed by atoms with van der Waals surface area (Å²) in [5, 5.41) is 3.18. The van der Waals surface area contributed by atoms with E-state index in [1.54, 1.807) is 18.2 Å². The Morgan fingerprint density at radius 2 is 2.00 bits per heavy atom. The predicted molar refractivity (Wildman–Crippen MR) is 91.4 cm³/mol.